The molecule has 3 aromatic rings. The predicted octanol–water partition coefficient (Wildman–Crippen LogP) is 3.34. The summed E-state index contributed by atoms with van der Waals surface area (Å²) < 4.78 is 5.50. The summed E-state index contributed by atoms with van der Waals surface area (Å²) in [6.45, 7) is 0. The Balaban J connectivity index is 2.04. The zero-order chi connectivity index (χ0) is 15.5. The van der Waals surface area contributed by atoms with Crippen molar-refractivity contribution < 1.29 is 9.53 Å². The van der Waals surface area contributed by atoms with Crippen LogP contribution in [0.4, 0.5) is 0 Å². The smallest absolute Gasteiger partial charge is 0.343 e. The largest absolute Gasteiger partial charge is 0.422 e. The molecule has 0 amide bonds. The molecule has 0 aliphatic rings. The zero-order valence-corrected chi connectivity index (χ0v) is 11.7. The second kappa shape index (κ2) is 5.69. The van der Waals surface area contributed by atoms with Gasteiger partial charge >= 0.3 is 5.97 Å². The number of carbonyl (C=O) groups is 1. The third kappa shape index (κ3) is 2.54. The van der Waals surface area contributed by atoms with Crippen LogP contribution >= 0.6 is 0 Å². The average molecular weight is 290 g/mol. The Morgan fingerprint density at radius 1 is 0.864 bits per heavy atom. The lowest BCUT2D eigenvalue weighted by Gasteiger charge is -2.10. The second-order valence-corrected chi connectivity index (χ2v) is 4.83. The molecule has 0 saturated heterocycles. The SMILES string of the molecule is N=C(N)c1ccc(OC(=O)c2ccccc2)c2ccccc12. The van der Waals surface area contributed by atoms with E-state index in [1.807, 2.05) is 30.3 Å². The molecule has 0 heterocycles. The molecule has 0 aliphatic carbocycles. The Morgan fingerprint density at radius 2 is 1.50 bits per heavy atom. The molecule has 3 N–H and O–H groups in total. The number of hydrogen-bond acceptors (Lipinski definition) is 3. The molecule has 3 aromatic carbocycles. The van der Waals surface area contributed by atoms with Crippen molar-refractivity contribution >= 4 is 22.6 Å². The fourth-order valence-electron chi connectivity index (χ4n) is 2.33. The van der Waals surface area contributed by atoms with Gasteiger partial charge in [-0.15, -0.1) is 0 Å². The van der Waals surface area contributed by atoms with Crippen molar-refractivity contribution in [1.29, 1.82) is 5.41 Å². The number of benzene rings is 3. The monoisotopic (exact) mass is 290 g/mol. The summed E-state index contributed by atoms with van der Waals surface area (Å²) in [6.07, 6.45) is 0. The lowest BCUT2D eigenvalue weighted by Crippen LogP contribution is -2.12. The number of amidine groups is 1. The van der Waals surface area contributed by atoms with E-state index in [-0.39, 0.29) is 5.84 Å². The van der Waals surface area contributed by atoms with Crippen LogP contribution < -0.4 is 10.5 Å². The highest BCUT2D eigenvalue weighted by Gasteiger charge is 2.13. The van der Waals surface area contributed by atoms with Gasteiger partial charge in [0.2, 0.25) is 0 Å². The highest BCUT2D eigenvalue weighted by Crippen LogP contribution is 2.29. The van der Waals surface area contributed by atoms with Gasteiger partial charge in [0.1, 0.15) is 11.6 Å². The molecule has 0 aromatic heterocycles. The minimum atomic E-state index is -0.415. The quantitative estimate of drug-likeness (QED) is 0.336. The van der Waals surface area contributed by atoms with E-state index in [1.54, 1.807) is 36.4 Å². The molecule has 108 valence electrons. The first kappa shape index (κ1) is 13.8. The van der Waals surface area contributed by atoms with Crippen LogP contribution in [-0.4, -0.2) is 11.8 Å². The van der Waals surface area contributed by atoms with E-state index in [2.05, 4.69) is 0 Å². The van der Waals surface area contributed by atoms with Crippen LogP contribution in [0.25, 0.3) is 10.8 Å². The molecular formula is C18H14N2O2. The van der Waals surface area contributed by atoms with Gasteiger partial charge in [-0.2, -0.15) is 0 Å². The number of fused-ring (bicyclic) bond motifs is 1. The Morgan fingerprint density at radius 3 is 2.18 bits per heavy atom. The number of ether oxygens (including phenoxy) is 1. The summed E-state index contributed by atoms with van der Waals surface area (Å²) in [5.41, 5.74) is 6.71. The van der Waals surface area contributed by atoms with Crippen molar-refractivity contribution in [2.75, 3.05) is 0 Å². The molecule has 4 nitrogen and oxygen atoms in total. The van der Waals surface area contributed by atoms with Crippen LogP contribution in [-0.2, 0) is 0 Å². The summed E-state index contributed by atoms with van der Waals surface area (Å²) in [4.78, 5) is 12.2. The first-order valence-corrected chi connectivity index (χ1v) is 6.80. The van der Waals surface area contributed by atoms with Crippen molar-refractivity contribution in [2.24, 2.45) is 5.73 Å². The standard InChI is InChI=1S/C18H14N2O2/c19-17(20)15-10-11-16(14-9-5-4-8-13(14)15)22-18(21)12-6-2-1-3-7-12/h1-11H,(H3,19,20). The van der Waals surface area contributed by atoms with Crippen molar-refractivity contribution in [3.63, 3.8) is 0 Å². The minimum absolute atomic E-state index is 0.0165. The Hall–Kier alpha value is -3.14. The van der Waals surface area contributed by atoms with Gasteiger partial charge in [-0.25, -0.2) is 4.79 Å². The van der Waals surface area contributed by atoms with E-state index in [4.69, 9.17) is 15.9 Å². The van der Waals surface area contributed by atoms with E-state index in [0.29, 0.717) is 16.9 Å². The van der Waals surface area contributed by atoms with Crippen LogP contribution in [0.2, 0.25) is 0 Å². The topological polar surface area (TPSA) is 76.2 Å². The number of nitrogen functional groups attached to an aromatic ring is 1. The van der Waals surface area contributed by atoms with Gasteiger partial charge in [-0.3, -0.25) is 5.41 Å². The Kier molecular flexibility index (Phi) is 3.58. The maximum absolute atomic E-state index is 12.2. The summed E-state index contributed by atoms with van der Waals surface area (Å²) in [7, 11) is 0. The van der Waals surface area contributed by atoms with Gasteiger partial charge in [-0.1, -0.05) is 42.5 Å². The van der Waals surface area contributed by atoms with Crippen LogP contribution in [0, 0.1) is 5.41 Å². The highest BCUT2D eigenvalue weighted by atomic mass is 16.5. The van der Waals surface area contributed by atoms with Gasteiger partial charge in [-0.05, 0) is 29.7 Å². The van der Waals surface area contributed by atoms with E-state index in [9.17, 15) is 4.79 Å². The lowest BCUT2D eigenvalue weighted by atomic mass is 10.0. The van der Waals surface area contributed by atoms with E-state index in [0.717, 1.165) is 10.8 Å². The number of nitrogens with two attached hydrogens (primary N) is 1. The van der Waals surface area contributed by atoms with Gasteiger partial charge in [0.25, 0.3) is 0 Å². The number of nitrogens with one attached hydrogen (secondary N) is 1. The molecule has 0 aliphatic heterocycles. The highest BCUT2D eigenvalue weighted by molar-refractivity contribution is 6.09. The van der Waals surface area contributed by atoms with Gasteiger partial charge < -0.3 is 10.5 Å². The molecule has 3 rings (SSSR count). The molecule has 22 heavy (non-hydrogen) atoms. The maximum Gasteiger partial charge on any atom is 0.343 e. The van der Waals surface area contributed by atoms with Crippen molar-refractivity contribution in [1.82, 2.24) is 0 Å². The maximum atomic E-state index is 12.2. The molecule has 0 unspecified atom stereocenters. The third-order valence-corrected chi connectivity index (χ3v) is 3.39. The van der Waals surface area contributed by atoms with Crippen LogP contribution in [0.3, 0.4) is 0 Å². The first-order chi connectivity index (χ1) is 10.7. The predicted molar refractivity (Wildman–Crippen MR) is 86.4 cm³/mol. The number of rotatable bonds is 3. The fraction of sp³-hybridized carbons (Fsp3) is 0. The lowest BCUT2D eigenvalue weighted by molar-refractivity contribution is 0.0737. The van der Waals surface area contributed by atoms with Crippen molar-refractivity contribution in [3.8, 4) is 5.75 Å². The summed E-state index contributed by atoms with van der Waals surface area (Å²) in [5, 5.41) is 9.17. The molecule has 0 fully saturated rings. The van der Waals surface area contributed by atoms with E-state index < -0.39 is 5.97 Å². The van der Waals surface area contributed by atoms with Crippen molar-refractivity contribution in [3.05, 3.63) is 77.9 Å². The summed E-state index contributed by atoms with van der Waals surface area (Å²) >= 11 is 0. The average Bonchev–Trinajstić information content (AvgIpc) is 2.55. The normalized spacial score (nSPS) is 10.4. The van der Waals surface area contributed by atoms with Crippen molar-refractivity contribution in [2.45, 2.75) is 0 Å². The molecule has 0 radical (unpaired) electrons. The van der Waals surface area contributed by atoms with Crippen LogP contribution in [0.5, 0.6) is 5.75 Å². The summed E-state index contributed by atoms with van der Waals surface area (Å²) in [6, 6.07) is 19.6. The molecule has 0 atom stereocenters. The van der Waals surface area contributed by atoms with Gasteiger partial charge in [0, 0.05) is 10.9 Å². The molecule has 0 bridgehead atoms. The second-order valence-electron chi connectivity index (χ2n) is 4.83. The van der Waals surface area contributed by atoms with Crippen LogP contribution in [0.15, 0.2) is 66.7 Å². The minimum Gasteiger partial charge on any atom is -0.422 e. The fourth-order valence-corrected chi connectivity index (χ4v) is 2.33. The van der Waals surface area contributed by atoms with Crippen LogP contribution in [0.1, 0.15) is 15.9 Å². The van der Waals surface area contributed by atoms with Gasteiger partial charge in [0.05, 0.1) is 5.56 Å². The van der Waals surface area contributed by atoms with Gasteiger partial charge in [0.15, 0.2) is 0 Å². The summed E-state index contributed by atoms with van der Waals surface area (Å²) in [5.74, 6) is 0.0212. The Bertz CT molecular complexity index is 857. The van der Waals surface area contributed by atoms with E-state index >= 15 is 0 Å². The Labute approximate surface area is 127 Å². The van der Waals surface area contributed by atoms with E-state index in [1.165, 1.54) is 0 Å². The zero-order valence-electron chi connectivity index (χ0n) is 11.7. The third-order valence-electron chi connectivity index (χ3n) is 3.39. The number of esters is 1. The molecule has 0 saturated carbocycles. The molecule has 0 spiro atoms. The number of hydrogen-bond donors (Lipinski definition) is 2. The molecular weight excluding hydrogens is 276 g/mol. The molecule has 4 heteroatoms. The first-order valence-electron chi connectivity index (χ1n) is 6.80. The number of carbonyl (C=O) groups excluding carboxylic acids is 1.